The summed E-state index contributed by atoms with van der Waals surface area (Å²) < 4.78 is 1.63. The Kier molecular flexibility index (Phi) is 4.10. The Bertz CT molecular complexity index is 1030. The van der Waals surface area contributed by atoms with E-state index >= 15 is 0 Å². The Morgan fingerprint density at radius 1 is 1.15 bits per heavy atom. The number of carbonyl (C=O) groups is 2. The quantitative estimate of drug-likeness (QED) is 0.758. The normalized spacial score (nSPS) is 19.6. The lowest BCUT2D eigenvalue weighted by Crippen LogP contribution is -2.30. The Morgan fingerprint density at radius 2 is 1.89 bits per heavy atom. The molecule has 0 unspecified atom stereocenters. The van der Waals surface area contributed by atoms with Gasteiger partial charge in [0.15, 0.2) is 11.3 Å². The third kappa shape index (κ3) is 3.03. The summed E-state index contributed by atoms with van der Waals surface area (Å²) in [5.74, 6) is -2.11. The molecule has 0 aliphatic carbocycles. The molecule has 1 N–H and O–H groups in total. The summed E-state index contributed by atoms with van der Waals surface area (Å²) in [7, 11) is 0. The fourth-order valence-corrected chi connectivity index (χ4v) is 3.72. The number of rotatable bonds is 3. The van der Waals surface area contributed by atoms with Crippen molar-refractivity contribution >= 4 is 17.5 Å². The summed E-state index contributed by atoms with van der Waals surface area (Å²) in [6.45, 7) is 4.27. The molecule has 1 saturated heterocycles. The summed E-state index contributed by atoms with van der Waals surface area (Å²) in [5, 5.41) is 14.0. The molecule has 1 aliphatic rings. The second kappa shape index (κ2) is 6.46. The van der Waals surface area contributed by atoms with Crippen molar-refractivity contribution in [1.82, 2.24) is 24.5 Å². The summed E-state index contributed by atoms with van der Waals surface area (Å²) >= 11 is 0. The number of carbonyl (C=O) groups excluding carboxylic acids is 1. The van der Waals surface area contributed by atoms with E-state index in [-0.39, 0.29) is 24.1 Å². The van der Waals surface area contributed by atoms with Crippen molar-refractivity contribution in [2.24, 2.45) is 5.92 Å². The zero-order valence-corrected chi connectivity index (χ0v) is 15.0. The van der Waals surface area contributed by atoms with Gasteiger partial charge in [-0.15, -0.1) is 0 Å². The maximum absolute atomic E-state index is 13.0. The maximum atomic E-state index is 13.0. The van der Waals surface area contributed by atoms with E-state index in [9.17, 15) is 14.7 Å². The number of nitrogens with zero attached hydrogens (tertiary/aromatic N) is 5. The van der Waals surface area contributed by atoms with Gasteiger partial charge in [-0.3, -0.25) is 14.6 Å². The molecule has 27 heavy (non-hydrogen) atoms. The number of likely N-dealkylation sites (tertiary alicyclic amines) is 1. The Labute approximate surface area is 155 Å². The van der Waals surface area contributed by atoms with Gasteiger partial charge >= 0.3 is 5.97 Å². The molecule has 1 aliphatic heterocycles. The lowest BCUT2D eigenvalue weighted by atomic mass is 9.90. The van der Waals surface area contributed by atoms with Crippen molar-refractivity contribution in [2.75, 3.05) is 13.1 Å². The highest BCUT2D eigenvalue weighted by atomic mass is 16.4. The van der Waals surface area contributed by atoms with Gasteiger partial charge in [0.05, 0.1) is 5.92 Å². The number of carboxylic acids is 1. The van der Waals surface area contributed by atoms with Crippen molar-refractivity contribution < 1.29 is 14.7 Å². The van der Waals surface area contributed by atoms with E-state index < -0.39 is 11.9 Å². The van der Waals surface area contributed by atoms with Gasteiger partial charge in [-0.05, 0) is 37.6 Å². The van der Waals surface area contributed by atoms with Gasteiger partial charge < -0.3 is 10.0 Å². The van der Waals surface area contributed by atoms with Crippen LogP contribution in [-0.4, -0.2) is 54.6 Å². The molecule has 0 spiro atoms. The predicted molar refractivity (Wildman–Crippen MR) is 96.5 cm³/mol. The molecule has 3 aromatic rings. The molecule has 1 fully saturated rings. The van der Waals surface area contributed by atoms with E-state index in [1.54, 1.807) is 40.0 Å². The molecule has 8 nitrogen and oxygen atoms in total. The SMILES string of the molecule is Cc1cc(C)n2nc(C(=O)N3C[C@H](C(=O)O)[C@@H](c4ccncc4)C3)cc2n1. The summed E-state index contributed by atoms with van der Waals surface area (Å²) in [4.78, 5) is 34.6. The van der Waals surface area contributed by atoms with Gasteiger partial charge in [0.1, 0.15) is 0 Å². The average molecular weight is 365 g/mol. The Hall–Kier alpha value is -3.29. The number of aliphatic carboxylic acids is 1. The molecule has 4 heterocycles. The molecule has 4 rings (SSSR count). The molecule has 0 bridgehead atoms. The van der Waals surface area contributed by atoms with E-state index in [1.807, 2.05) is 19.9 Å². The van der Waals surface area contributed by atoms with Crippen molar-refractivity contribution in [2.45, 2.75) is 19.8 Å². The van der Waals surface area contributed by atoms with Crippen molar-refractivity contribution in [3.63, 3.8) is 0 Å². The van der Waals surface area contributed by atoms with Crippen LogP contribution in [0.2, 0.25) is 0 Å². The average Bonchev–Trinajstić information content (AvgIpc) is 3.26. The molecule has 0 radical (unpaired) electrons. The summed E-state index contributed by atoms with van der Waals surface area (Å²) in [6, 6.07) is 7.15. The Balaban J connectivity index is 1.64. The van der Waals surface area contributed by atoms with Gasteiger partial charge in [-0.1, -0.05) is 0 Å². The number of aryl methyl sites for hydroxylation is 2. The van der Waals surface area contributed by atoms with Gasteiger partial charge in [0.25, 0.3) is 5.91 Å². The van der Waals surface area contributed by atoms with Crippen LogP contribution >= 0.6 is 0 Å². The third-order valence-electron chi connectivity index (χ3n) is 5.01. The van der Waals surface area contributed by atoms with E-state index in [0.717, 1.165) is 17.0 Å². The van der Waals surface area contributed by atoms with Crippen molar-refractivity contribution in [1.29, 1.82) is 0 Å². The van der Waals surface area contributed by atoms with E-state index in [2.05, 4.69) is 15.1 Å². The first-order chi connectivity index (χ1) is 12.9. The Morgan fingerprint density at radius 3 is 2.59 bits per heavy atom. The number of pyridine rings is 1. The minimum absolute atomic E-state index is 0.153. The number of carboxylic acid groups (broad SMARTS) is 1. The molecule has 1 amide bonds. The number of fused-ring (bicyclic) bond motifs is 1. The lowest BCUT2D eigenvalue weighted by Gasteiger charge is -2.15. The van der Waals surface area contributed by atoms with Gasteiger partial charge in [-0.2, -0.15) is 5.10 Å². The van der Waals surface area contributed by atoms with Crippen LogP contribution in [0.1, 0.15) is 33.4 Å². The number of hydrogen-bond acceptors (Lipinski definition) is 5. The fourth-order valence-electron chi connectivity index (χ4n) is 3.72. The number of amides is 1. The first kappa shape index (κ1) is 17.1. The minimum Gasteiger partial charge on any atom is -0.481 e. The second-order valence-corrected chi connectivity index (χ2v) is 6.88. The fraction of sp³-hybridized carbons (Fsp3) is 0.316. The van der Waals surface area contributed by atoms with Crippen LogP contribution in [-0.2, 0) is 4.79 Å². The van der Waals surface area contributed by atoms with E-state index in [4.69, 9.17) is 0 Å². The van der Waals surface area contributed by atoms with Crippen LogP contribution in [0.25, 0.3) is 5.65 Å². The first-order valence-corrected chi connectivity index (χ1v) is 8.70. The van der Waals surface area contributed by atoms with Gasteiger partial charge in [0, 0.05) is 48.9 Å². The first-order valence-electron chi connectivity index (χ1n) is 8.70. The molecular formula is C19H19N5O3. The number of hydrogen-bond donors (Lipinski definition) is 1. The van der Waals surface area contributed by atoms with Crippen LogP contribution in [0.3, 0.4) is 0 Å². The highest BCUT2D eigenvalue weighted by molar-refractivity contribution is 5.94. The zero-order valence-electron chi connectivity index (χ0n) is 15.0. The minimum atomic E-state index is -0.907. The lowest BCUT2D eigenvalue weighted by molar-refractivity contribution is -0.141. The maximum Gasteiger partial charge on any atom is 0.308 e. The monoisotopic (exact) mass is 365 g/mol. The molecule has 0 aromatic carbocycles. The number of aromatic nitrogens is 4. The van der Waals surface area contributed by atoms with Crippen LogP contribution in [0, 0.1) is 19.8 Å². The molecular weight excluding hydrogens is 346 g/mol. The van der Waals surface area contributed by atoms with Crippen LogP contribution in [0.5, 0.6) is 0 Å². The van der Waals surface area contributed by atoms with E-state index in [1.165, 1.54) is 0 Å². The molecule has 0 saturated carbocycles. The van der Waals surface area contributed by atoms with Gasteiger partial charge in [0.2, 0.25) is 0 Å². The molecule has 3 aromatic heterocycles. The molecule has 8 heteroatoms. The summed E-state index contributed by atoms with van der Waals surface area (Å²) in [5.41, 5.74) is 3.49. The van der Waals surface area contributed by atoms with Gasteiger partial charge in [-0.25, -0.2) is 9.50 Å². The predicted octanol–water partition coefficient (Wildman–Crippen LogP) is 1.68. The summed E-state index contributed by atoms with van der Waals surface area (Å²) in [6.07, 6.45) is 3.27. The highest BCUT2D eigenvalue weighted by Gasteiger charge is 2.41. The topological polar surface area (TPSA) is 101 Å². The van der Waals surface area contributed by atoms with Crippen LogP contribution in [0.15, 0.2) is 36.7 Å². The zero-order chi connectivity index (χ0) is 19.1. The highest BCUT2D eigenvalue weighted by Crippen LogP contribution is 2.33. The van der Waals surface area contributed by atoms with Crippen molar-refractivity contribution in [3.05, 3.63) is 59.3 Å². The van der Waals surface area contributed by atoms with E-state index in [0.29, 0.717) is 12.2 Å². The largest absolute Gasteiger partial charge is 0.481 e. The molecule has 2 atom stereocenters. The smallest absolute Gasteiger partial charge is 0.308 e. The third-order valence-corrected chi connectivity index (χ3v) is 5.01. The van der Waals surface area contributed by atoms with Crippen LogP contribution < -0.4 is 0 Å². The standard InChI is InChI=1S/C19H19N5O3/c1-11-7-12(2)24-17(21-11)8-16(22-24)18(25)23-9-14(15(10-23)19(26)27)13-3-5-20-6-4-13/h3-8,14-15H,9-10H2,1-2H3,(H,26,27)/t14-,15+/m1/s1. The van der Waals surface area contributed by atoms with Crippen LogP contribution in [0.4, 0.5) is 0 Å². The van der Waals surface area contributed by atoms with Crippen molar-refractivity contribution in [3.8, 4) is 0 Å². The molecule has 138 valence electrons. The second-order valence-electron chi connectivity index (χ2n) is 6.88.